The van der Waals surface area contributed by atoms with Gasteiger partial charge >= 0.3 is 0 Å². The van der Waals surface area contributed by atoms with Crippen LogP contribution >= 0.6 is 0 Å². The number of nitrogens with zero attached hydrogens (tertiary/aromatic N) is 1. The number of rotatable bonds is 6. The van der Waals surface area contributed by atoms with Crippen LogP contribution in [0.4, 0.5) is 0 Å². The van der Waals surface area contributed by atoms with Gasteiger partial charge in [-0.3, -0.25) is 9.69 Å². The van der Waals surface area contributed by atoms with Gasteiger partial charge in [-0.1, -0.05) is 0 Å². The van der Waals surface area contributed by atoms with Crippen molar-refractivity contribution < 1.29 is 30.0 Å². The number of morpholine rings is 1. The standard InChI is InChI=1S/C10H19NO6/c12-6-8(14)10(16)9(15)7(13)5-11-1-3-17-4-2-11/h7-8,10,12-14,16H,1-6H2. The first-order valence-electron chi connectivity index (χ1n) is 5.55. The van der Waals surface area contributed by atoms with Crippen molar-refractivity contribution >= 4 is 5.78 Å². The first-order chi connectivity index (χ1) is 8.06. The van der Waals surface area contributed by atoms with Crippen LogP contribution in [0.5, 0.6) is 0 Å². The lowest BCUT2D eigenvalue weighted by molar-refractivity contribution is -0.144. The van der Waals surface area contributed by atoms with Gasteiger partial charge in [-0.05, 0) is 0 Å². The summed E-state index contributed by atoms with van der Waals surface area (Å²) in [4.78, 5) is 13.3. The van der Waals surface area contributed by atoms with Crippen LogP contribution in [0.2, 0.25) is 0 Å². The molecule has 4 N–H and O–H groups in total. The fourth-order valence-electron chi connectivity index (χ4n) is 1.60. The third-order valence-electron chi connectivity index (χ3n) is 2.71. The van der Waals surface area contributed by atoms with Crippen molar-refractivity contribution in [2.24, 2.45) is 0 Å². The van der Waals surface area contributed by atoms with Crippen molar-refractivity contribution in [1.29, 1.82) is 0 Å². The van der Waals surface area contributed by atoms with Gasteiger partial charge in [0.2, 0.25) is 0 Å². The quantitative estimate of drug-likeness (QED) is 0.396. The second kappa shape index (κ2) is 7.00. The number of hydrogen-bond donors (Lipinski definition) is 4. The summed E-state index contributed by atoms with van der Waals surface area (Å²) in [6.07, 6.45) is -4.68. The minimum absolute atomic E-state index is 0.0946. The van der Waals surface area contributed by atoms with Crippen LogP contribution in [-0.4, -0.2) is 88.9 Å². The number of ether oxygens (including phenoxy) is 1. The summed E-state index contributed by atoms with van der Waals surface area (Å²) in [5.74, 6) is -0.877. The molecular weight excluding hydrogens is 230 g/mol. The molecule has 0 radical (unpaired) electrons. The molecule has 7 heteroatoms. The molecule has 1 aliphatic heterocycles. The highest BCUT2D eigenvalue weighted by atomic mass is 16.5. The molecule has 0 aromatic carbocycles. The summed E-state index contributed by atoms with van der Waals surface area (Å²) >= 11 is 0. The summed E-state index contributed by atoms with van der Waals surface area (Å²) < 4.78 is 5.11. The third-order valence-corrected chi connectivity index (χ3v) is 2.71. The van der Waals surface area contributed by atoms with Crippen LogP contribution in [0.1, 0.15) is 0 Å². The SMILES string of the molecule is O=C(C(O)CN1CCOCC1)C(O)C(O)CO. The van der Waals surface area contributed by atoms with Gasteiger partial charge in [0.05, 0.1) is 19.8 Å². The molecule has 1 heterocycles. The number of carbonyl (C=O) groups is 1. The molecule has 0 spiro atoms. The van der Waals surface area contributed by atoms with Gasteiger partial charge in [0.25, 0.3) is 0 Å². The van der Waals surface area contributed by atoms with Crippen LogP contribution in [0.25, 0.3) is 0 Å². The number of β-amino-alcohol motifs (C(OH)–C–C–N with tert-alkyl or cyclic N) is 1. The van der Waals surface area contributed by atoms with E-state index in [1.54, 1.807) is 0 Å². The average Bonchev–Trinajstić information content (AvgIpc) is 2.37. The second-order valence-corrected chi connectivity index (χ2v) is 4.03. The van der Waals surface area contributed by atoms with Crippen molar-refractivity contribution in [3.05, 3.63) is 0 Å². The van der Waals surface area contributed by atoms with E-state index in [4.69, 9.17) is 14.9 Å². The molecule has 3 unspecified atom stereocenters. The molecule has 0 aromatic heterocycles. The Kier molecular flexibility index (Phi) is 5.96. The highest BCUT2D eigenvalue weighted by Crippen LogP contribution is 2.03. The largest absolute Gasteiger partial charge is 0.394 e. The minimum Gasteiger partial charge on any atom is -0.394 e. The van der Waals surface area contributed by atoms with Gasteiger partial charge in [-0.2, -0.15) is 0 Å². The zero-order chi connectivity index (χ0) is 12.8. The fourth-order valence-corrected chi connectivity index (χ4v) is 1.60. The Morgan fingerprint density at radius 3 is 2.35 bits per heavy atom. The molecule has 3 atom stereocenters. The Hall–Kier alpha value is -0.570. The van der Waals surface area contributed by atoms with Gasteiger partial charge in [-0.25, -0.2) is 0 Å². The van der Waals surface area contributed by atoms with Crippen LogP contribution in [0.3, 0.4) is 0 Å². The minimum atomic E-state index is -1.75. The van der Waals surface area contributed by atoms with Crippen LogP contribution in [0, 0.1) is 0 Å². The van der Waals surface area contributed by atoms with Crippen molar-refractivity contribution in [3.63, 3.8) is 0 Å². The Labute approximate surface area is 99.2 Å². The van der Waals surface area contributed by atoms with Crippen LogP contribution < -0.4 is 0 Å². The monoisotopic (exact) mass is 249 g/mol. The molecule has 0 aliphatic carbocycles. The Bertz CT molecular complexity index is 243. The number of Topliss-reactive ketones (excluding diaryl/α,β-unsaturated/α-hetero) is 1. The van der Waals surface area contributed by atoms with E-state index in [1.165, 1.54) is 0 Å². The molecule has 7 nitrogen and oxygen atoms in total. The molecular formula is C10H19NO6. The van der Waals surface area contributed by atoms with Crippen molar-refractivity contribution in [2.75, 3.05) is 39.5 Å². The molecule has 0 bridgehead atoms. The number of ketones is 1. The van der Waals surface area contributed by atoms with Gasteiger partial charge in [0.15, 0.2) is 5.78 Å². The predicted octanol–water partition coefficient (Wildman–Crippen LogP) is -3.04. The normalized spacial score (nSPS) is 23.1. The molecule has 17 heavy (non-hydrogen) atoms. The molecule has 1 aliphatic rings. The number of aliphatic hydroxyl groups is 4. The maximum absolute atomic E-state index is 11.5. The van der Waals surface area contributed by atoms with Crippen molar-refractivity contribution in [1.82, 2.24) is 4.90 Å². The highest BCUT2D eigenvalue weighted by molar-refractivity contribution is 5.87. The van der Waals surface area contributed by atoms with E-state index in [9.17, 15) is 15.0 Å². The summed E-state index contributed by atoms with van der Waals surface area (Å²) in [7, 11) is 0. The van der Waals surface area contributed by atoms with E-state index in [1.807, 2.05) is 4.90 Å². The first-order valence-corrected chi connectivity index (χ1v) is 5.55. The predicted molar refractivity (Wildman–Crippen MR) is 57.4 cm³/mol. The number of aliphatic hydroxyl groups excluding tert-OH is 4. The van der Waals surface area contributed by atoms with E-state index in [2.05, 4.69) is 0 Å². The zero-order valence-electron chi connectivity index (χ0n) is 9.53. The topological polar surface area (TPSA) is 110 Å². The van der Waals surface area contributed by atoms with E-state index in [-0.39, 0.29) is 6.54 Å². The maximum Gasteiger partial charge on any atom is 0.193 e. The van der Waals surface area contributed by atoms with Gasteiger partial charge in [0, 0.05) is 19.6 Å². The van der Waals surface area contributed by atoms with Gasteiger partial charge in [0.1, 0.15) is 18.3 Å². The molecule has 1 fully saturated rings. The Morgan fingerprint density at radius 1 is 1.24 bits per heavy atom. The van der Waals surface area contributed by atoms with E-state index in [0.717, 1.165) is 0 Å². The maximum atomic E-state index is 11.5. The second-order valence-electron chi connectivity index (χ2n) is 4.03. The lowest BCUT2D eigenvalue weighted by atomic mass is 10.0. The van der Waals surface area contributed by atoms with Gasteiger partial charge in [-0.15, -0.1) is 0 Å². The summed E-state index contributed by atoms with van der Waals surface area (Å²) in [5.41, 5.74) is 0. The van der Waals surface area contributed by atoms with E-state index >= 15 is 0 Å². The zero-order valence-corrected chi connectivity index (χ0v) is 9.53. The van der Waals surface area contributed by atoms with Gasteiger partial charge < -0.3 is 25.2 Å². The number of hydrogen-bond acceptors (Lipinski definition) is 7. The lowest BCUT2D eigenvalue weighted by Crippen LogP contribution is -2.48. The molecule has 1 saturated heterocycles. The average molecular weight is 249 g/mol. The highest BCUT2D eigenvalue weighted by Gasteiger charge is 2.30. The van der Waals surface area contributed by atoms with E-state index in [0.29, 0.717) is 26.3 Å². The van der Waals surface area contributed by atoms with Crippen LogP contribution in [0.15, 0.2) is 0 Å². The molecule has 0 aromatic rings. The van der Waals surface area contributed by atoms with Crippen LogP contribution in [-0.2, 0) is 9.53 Å². The summed E-state index contributed by atoms with van der Waals surface area (Å²) in [6, 6.07) is 0. The third kappa shape index (κ3) is 4.30. The molecule has 1 rings (SSSR count). The van der Waals surface area contributed by atoms with E-state index < -0.39 is 30.7 Å². The number of carbonyl (C=O) groups excluding carboxylic acids is 1. The summed E-state index contributed by atoms with van der Waals surface area (Å²) in [6.45, 7) is 1.69. The molecule has 100 valence electrons. The first kappa shape index (κ1) is 14.5. The molecule has 0 saturated carbocycles. The van der Waals surface area contributed by atoms with Crippen molar-refractivity contribution in [3.8, 4) is 0 Å². The van der Waals surface area contributed by atoms with Crippen molar-refractivity contribution in [2.45, 2.75) is 18.3 Å². The Balaban J connectivity index is 2.40. The fraction of sp³-hybridized carbons (Fsp3) is 0.900. The Morgan fingerprint density at radius 2 is 1.82 bits per heavy atom. The summed E-state index contributed by atoms with van der Waals surface area (Å²) in [5, 5.41) is 36.6. The molecule has 0 amide bonds. The smallest absolute Gasteiger partial charge is 0.193 e. The lowest BCUT2D eigenvalue weighted by Gasteiger charge is -2.29.